The van der Waals surface area contributed by atoms with E-state index in [1.54, 1.807) is 0 Å². The minimum atomic E-state index is -3.19. The highest BCUT2D eigenvalue weighted by Crippen LogP contribution is 2.13. The fourth-order valence-electron chi connectivity index (χ4n) is 2.16. The van der Waals surface area contributed by atoms with E-state index >= 15 is 0 Å². The van der Waals surface area contributed by atoms with E-state index in [1.165, 1.54) is 5.56 Å². The van der Waals surface area contributed by atoms with E-state index in [4.69, 9.17) is 0 Å². The van der Waals surface area contributed by atoms with Gasteiger partial charge in [0, 0.05) is 38.4 Å². The van der Waals surface area contributed by atoms with E-state index in [9.17, 15) is 8.42 Å². The molecule has 19 heavy (non-hydrogen) atoms. The number of likely N-dealkylation sites (N-methyl/N-ethyl adjacent to an activating group) is 1. The van der Waals surface area contributed by atoms with Crippen LogP contribution in [0.3, 0.4) is 0 Å². The summed E-state index contributed by atoms with van der Waals surface area (Å²) in [5.41, 5.74) is 1.83. The van der Waals surface area contributed by atoms with Gasteiger partial charge in [-0.25, -0.2) is 8.42 Å². The Labute approximate surface area is 115 Å². The van der Waals surface area contributed by atoms with Gasteiger partial charge in [-0.1, -0.05) is 12.1 Å². The number of hydrogen-bond donors (Lipinski definition) is 1. The summed E-state index contributed by atoms with van der Waals surface area (Å²) < 4.78 is 24.7. The zero-order valence-corrected chi connectivity index (χ0v) is 12.3. The van der Waals surface area contributed by atoms with Crippen LogP contribution in [0, 0.1) is 0 Å². The van der Waals surface area contributed by atoms with Gasteiger partial charge >= 0.3 is 0 Å². The van der Waals surface area contributed by atoms with Crippen molar-refractivity contribution in [3.05, 3.63) is 29.8 Å². The van der Waals surface area contributed by atoms with Crippen LogP contribution in [0.1, 0.15) is 5.56 Å². The number of piperazine rings is 1. The van der Waals surface area contributed by atoms with E-state index < -0.39 is 10.0 Å². The largest absolute Gasteiger partial charge is 0.304 e. The van der Waals surface area contributed by atoms with Gasteiger partial charge in [0.05, 0.1) is 6.26 Å². The Kier molecular flexibility index (Phi) is 4.44. The maximum atomic E-state index is 11.1. The number of benzene rings is 1. The molecule has 106 valence electrons. The highest BCUT2D eigenvalue weighted by molar-refractivity contribution is 7.92. The summed E-state index contributed by atoms with van der Waals surface area (Å²) in [4.78, 5) is 4.74. The number of hydrogen-bond acceptors (Lipinski definition) is 4. The van der Waals surface area contributed by atoms with Crippen molar-refractivity contribution in [1.29, 1.82) is 0 Å². The number of rotatable bonds is 4. The van der Waals surface area contributed by atoms with Crippen LogP contribution in [-0.2, 0) is 16.6 Å². The lowest BCUT2D eigenvalue weighted by atomic mass is 10.2. The lowest BCUT2D eigenvalue weighted by Gasteiger charge is -2.32. The van der Waals surface area contributed by atoms with Crippen molar-refractivity contribution in [2.24, 2.45) is 0 Å². The molecule has 1 aromatic rings. The molecule has 0 atom stereocenters. The van der Waals surface area contributed by atoms with Gasteiger partial charge in [0.15, 0.2) is 0 Å². The van der Waals surface area contributed by atoms with Gasteiger partial charge in [-0.05, 0) is 24.7 Å². The zero-order valence-electron chi connectivity index (χ0n) is 11.5. The van der Waals surface area contributed by atoms with E-state index in [-0.39, 0.29) is 0 Å². The SMILES string of the molecule is CN1CCN(Cc2ccc(NS(C)(=O)=O)cc2)CC1. The summed E-state index contributed by atoms with van der Waals surface area (Å²) in [5, 5.41) is 0. The van der Waals surface area contributed by atoms with Gasteiger partial charge in [-0.15, -0.1) is 0 Å². The summed E-state index contributed by atoms with van der Waals surface area (Å²) in [6.45, 7) is 5.30. The summed E-state index contributed by atoms with van der Waals surface area (Å²) in [7, 11) is -1.05. The smallest absolute Gasteiger partial charge is 0.229 e. The second-order valence-electron chi connectivity index (χ2n) is 5.15. The average molecular weight is 283 g/mol. The standard InChI is InChI=1S/C13H21N3O2S/c1-15-7-9-16(10-8-15)11-12-3-5-13(6-4-12)14-19(2,17)18/h3-6,14H,7-11H2,1-2H3. The van der Waals surface area contributed by atoms with Crippen LogP contribution in [0.4, 0.5) is 5.69 Å². The third-order valence-electron chi connectivity index (χ3n) is 3.26. The molecule has 0 amide bonds. The van der Waals surface area contributed by atoms with Crippen LogP contribution in [0.15, 0.2) is 24.3 Å². The molecule has 0 bridgehead atoms. The molecule has 2 rings (SSSR count). The molecule has 1 fully saturated rings. The first-order valence-corrected chi connectivity index (χ1v) is 8.29. The van der Waals surface area contributed by atoms with Crippen LogP contribution in [0.25, 0.3) is 0 Å². The molecule has 0 aliphatic carbocycles. The Morgan fingerprint density at radius 1 is 1.11 bits per heavy atom. The number of nitrogens with zero attached hydrogens (tertiary/aromatic N) is 2. The molecule has 1 aromatic carbocycles. The number of nitrogens with one attached hydrogen (secondary N) is 1. The maximum Gasteiger partial charge on any atom is 0.229 e. The minimum Gasteiger partial charge on any atom is -0.304 e. The molecule has 6 heteroatoms. The van der Waals surface area contributed by atoms with Gasteiger partial charge in [0.25, 0.3) is 0 Å². The minimum absolute atomic E-state index is 0.615. The van der Waals surface area contributed by atoms with Gasteiger partial charge in [0.2, 0.25) is 10.0 Å². The fraction of sp³-hybridized carbons (Fsp3) is 0.538. The van der Waals surface area contributed by atoms with Gasteiger partial charge in [-0.3, -0.25) is 9.62 Å². The summed E-state index contributed by atoms with van der Waals surface area (Å²) in [6.07, 6.45) is 1.16. The lowest BCUT2D eigenvalue weighted by Crippen LogP contribution is -2.43. The molecule has 0 spiro atoms. The quantitative estimate of drug-likeness (QED) is 0.888. The third kappa shape index (κ3) is 4.81. The molecule has 1 N–H and O–H groups in total. The van der Waals surface area contributed by atoms with Crippen molar-refractivity contribution in [2.45, 2.75) is 6.54 Å². The Hall–Kier alpha value is -1.11. The predicted octanol–water partition coefficient (Wildman–Crippen LogP) is 0.805. The summed E-state index contributed by atoms with van der Waals surface area (Å²) in [6, 6.07) is 7.58. The Morgan fingerprint density at radius 3 is 2.21 bits per heavy atom. The molecule has 1 aliphatic heterocycles. The maximum absolute atomic E-state index is 11.1. The van der Waals surface area contributed by atoms with Crippen LogP contribution >= 0.6 is 0 Å². The van der Waals surface area contributed by atoms with Gasteiger partial charge in [-0.2, -0.15) is 0 Å². The van der Waals surface area contributed by atoms with Crippen LogP contribution in [0.2, 0.25) is 0 Å². The Bertz CT molecular complexity index is 505. The average Bonchev–Trinajstić information content (AvgIpc) is 2.33. The molecule has 5 nitrogen and oxygen atoms in total. The third-order valence-corrected chi connectivity index (χ3v) is 3.87. The highest BCUT2D eigenvalue weighted by Gasteiger charge is 2.13. The van der Waals surface area contributed by atoms with Gasteiger partial charge < -0.3 is 4.90 Å². The van der Waals surface area contributed by atoms with E-state index in [0.717, 1.165) is 39.0 Å². The molecule has 1 saturated heterocycles. The molecule has 0 radical (unpaired) electrons. The van der Waals surface area contributed by atoms with Crippen molar-refractivity contribution < 1.29 is 8.42 Å². The molecule has 0 aromatic heterocycles. The van der Waals surface area contributed by atoms with Crippen LogP contribution in [0.5, 0.6) is 0 Å². The number of sulfonamides is 1. The van der Waals surface area contributed by atoms with Crippen molar-refractivity contribution >= 4 is 15.7 Å². The lowest BCUT2D eigenvalue weighted by molar-refractivity contribution is 0.148. The van der Waals surface area contributed by atoms with Crippen molar-refractivity contribution in [1.82, 2.24) is 9.80 Å². The number of anilines is 1. The topological polar surface area (TPSA) is 52.6 Å². The second-order valence-corrected chi connectivity index (χ2v) is 6.90. The Balaban J connectivity index is 1.92. The van der Waals surface area contributed by atoms with E-state index in [1.807, 2.05) is 24.3 Å². The first-order chi connectivity index (χ1) is 8.92. The first kappa shape index (κ1) is 14.3. The molecular formula is C13H21N3O2S. The fourth-order valence-corrected chi connectivity index (χ4v) is 2.72. The second kappa shape index (κ2) is 5.90. The van der Waals surface area contributed by atoms with Crippen molar-refractivity contribution in [3.63, 3.8) is 0 Å². The van der Waals surface area contributed by atoms with Crippen LogP contribution < -0.4 is 4.72 Å². The Morgan fingerprint density at radius 2 is 1.68 bits per heavy atom. The van der Waals surface area contributed by atoms with Crippen molar-refractivity contribution in [2.75, 3.05) is 44.2 Å². The molecule has 1 aliphatic rings. The molecule has 0 saturated carbocycles. The molecule has 1 heterocycles. The zero-order chi connectivity index (χ0) is 13.9. The predicted molar refractivity (Wildman–Crippen MR) is 77.7 cm³/mol. The first-order valence-electron chi connectivity index (χ1n) is 6.40. The normalized spacial score (nSPS) is 18.4. The summed E-state index contributed by atoms with van der Waals surface area (Å²) in [5.74, 6) is 0. The summed E-state index contributed by atoms with van der Waals surface area (Å²) >= 11 is 0. The van der Waals surface area contributed by atoms with Gasteiger partial charge in [0.1, 0.15) is 0 Å². The van der Waals surface area contributed by atoms with Crippen molar-refractivity contribution in [3.8, 4) is 0 Å². The van der Waals surface area contributed by atoms with E-state index in [0.29, 0.717) is 5.69 Å². The highest BCUT2D eigenvalue weighted by atomic mass is 32.2. The molecule has 0 unspecified atom stereocenters. The monoisotopic (exact) mass is 283 g/mol. The van der Waals surface area contributed by atoms with Crippen LogP contribution in [-0.4, -0.2) is 57.7 Å². The van der Waals surface area contributed by atoms with E-state index in [2.05, 4.69) is 21.6 Å². The molecular weight excluding hydrogens is 262 g/mol.